The van der Waals surface area contributed by atoms with Crippen molar-refractivity contribution in [2.45, 2.75) is 63.8 Å². The third kappa shape index (κ3) is 3.06. The lowest BCUT2D eigenvalue weighted by Crippen LogP contribution is -2.87. The van der Waals surface area contributed by atoms with Gasteiger partial charge in [0.2, 0.25) is 5.60 Å². The molecule has 3 N–H and O–H groups in total. The van der Waals surface area contributed by atoms with Crippen LogP contribution in [0.25, 0.3) is 0 Å². The van der Waals surface area contributed by atoms with Crippen molar-refractivity contribution in [3.05, 3.63) is 0 Å². The maximum atomic E-state index is 12.6. The van der Waals surface area contributed by atoms with E-state index in [0.717, 1.165) is 34.6 Å². The van der Waals surface area contributed by atoms with Crippen LogP contribution in [0.3, 0.4) is 0 Å². The smallest absolute Gasteiger partial charge is 0.304 e. The molecule has 1 heterocycles. The Kier molecular flexibility index (Phi) is 6.28. The predicted molar refractivity (Wildman–Crippen MR) is 84.0 cm³/mol. The van der Waals surface area contributed by atoms with Crippen LogP contribution < -0.4 is 0 Å². The van der Waals surface area contributed by atoms with Gasteiger partial charge in [0, 0.05) is 20.8 Å². The van der Waals surface area contributed by atoms with Gasteiger partial charge in [-0.05, 0) is 13.8 Å². The monoisotopic (exact) mass is 390 g/mol. The van der Waals surface area contributed by atoms with Gasteiger partial charge in [-0.25, -0.2) is 0 Å². The maximum absolute atomic E-state index is 12.6. The summed E-state index contributed by atoms with van der Waals surface area (Å²) in [6.45, 7) is 2.87. The molecule has 1 saturated heterocycles. The second-order valence-electron chi connectivity index (χ2n) is 6.20. The minimum absolute atomic E-state index is 0.743. The fourth-order valence-electron chi connectivity index (χ4n) is 3.38. The topological polar surface area (TPSA) is 174 Å². The fourth-order valence-corrected chi connectivity index (χ4v) is 3.38. The average Bonchev–Trinajstić information content (AvgIpc) is 2.52. The quantitative estimate of drug-likeness (QED) is 0.420. The van der Waals surface area contributed by atoms with Crippen LogP contribution in [-0.4, -0.2) is 80.4 Å². The molecule has 0 unspecified atom stereocenters. The first-order chi connectivity index (χ1) is 12.2. The van der Waals surface area contributed by atoms with Gasteiger partial charge in [0.15, 0.2) is 17.3 Å². The zero-order chi connectivity index (χ0) is 21.4. The molecule has 0 amide bonds. The van der Waals surface area contributed by atoms with Crippen molar-refractivity contribution in [3.63, 3.8) is 0 Å². The average molecular weight is 390 g/mol. The Labute approximate surface area is 154 Å². The highest BCUT2D eigenvalue weighted by atomic mass is 16.7. The van der Waals surface area contributed by atoms with Crippen LogP contribution in [0.5, 0.6) is 0 Å². The second-order valence-corrected chi connectivity index (χ2v) is 6.20. The first-order valence-electron chi connectivity index (χ1n) is 7.86. The number of Topliss-reactive ketones (excluding diaryl/α,β-unsaturated/α-hetero) is 3. The Morgan fingerprint density at radius 3 is 1.67 bits per heavy atom. The van der Waals surface area contributed by atoms with E-state index in [9.17, 15) is 39.3 Å². The largest absolute Gasteiger partial charge is 0.443 e. The number of aliphatic hydroxyl groups is 3. The molecule has 152 valence electrons. The Morgan fingerprint density at radius 1 is 0.889 bits per heavy atom. The molecule has 5 atom stereocenters. The molecular formula is C16H22O11. The summed E-state index contributed by atoms with van der Waals surface area (Å²) in [6, 6.07) is 0. The molecule has 1 rings (SSSR count). The predicted octanol–water partition coefficient (Wildman–Crippen LogP) is -2.20. The lowest BCUT2D eigenvalue weighted by molar-refractivity contribution is -0.375. The highest BCUT2D eigenvalue weighted by Crippen LogP contribution is 2.50. The Hall–Kier alpha value is -2.21. The minimum Gasteiger partial charge on any atom is -0.443 e. The molecule has 0 aromatic carbocycles. The van der Waals surface area contributed by atoms with Crippen molar-refractivity contribution in [1.29, 1.82) is 0 Å². The van der Waals surface area contributed by atoms with E-state index < -0.39 is 65.1 Å². The van der Waals surface area contributed by atoms with E-state index in [0.29, 0.717) is 0 Å². The van der Waals surface area contributed by atoms with Crippen molar-refractivity contribution in [3.8, 4) is 0 Å². The third-order valence-corrected chi connectivity index (χ3v) is 4.37. The number of hydrogen-bond acceptors (Lipinski definition) is 11. The van der Waals surface area contributed by atoms with Crippen LogP contribution >= 0.6 is 0 Å². The van der Waals surface area contributed by atoms with Gasteiger partial charge < -0.3 is 29.5 Å². The first-order valence-corrected chi connectivity index (χ1v) is 7.86. The van der Waals surface area contributed by atoms with Gasteiger partial charge in [0.25, 0.3) is 11.4 Å². The summed E-state index contributed by atoms with van der Waals surface area (Å²) in [5.74, 6) is -9.65. The third-order valence-electron chi connectivity index (χ3n) is 4.37. The molecule has 11 nitrogen and oxygen atoms in total. The molecule has 0 saturated carbocycles. The van der Waals surface area contributed by atoms with Gasteiger partial charge in [-0.2, -0.15) is 0 Å². The SMILES string of the molecule is CC(=O)O[C@@]1(C(C)=O)[C@](O)(C(C)=O)O[C@H](CO)[C@@H](O)[C@@]1(OC(C)=O)C(C)=O. The van der Waals surface area contributed by atoms with Crippen LogP contribution in [0, 0.1) is 0 Å². The van der Waals surface area contributed by atoms with Gasteiger partial charge in [-0.15, -0.1) is 0 Å². The number of rotatable bonds is 6. The normalized spacial score (nSPS) is 35.9. The van der Waals surface area contributed by atoms with Gasteiger partial charge in [-0.1, -0.05) is 0 Å². The molecular weight excluding hydrogens is 368 g/mol. The van der Waals surface area contributed by atoms with Crippen molar-refractivity contribution < 1.29 is 53.5 Å². The lowest BCUT2D eigenvalue weighted by atomic mass is 9.64. The van der Waals surface area contributed by atoms with E-state index in [1.165, 1.54) is 0 Å². The Balaban J connectivity index is 4.15. The summed E-state index contributed by atoms with van der Waals surface area (Å²) < 4.78 is 14.9. The van der Waals surface area contributed by atoms with Gasteiger partial charge in [0.1, 0.15) is 12.2 Å². The van der Waals surface area contributed by atoms with E-state index in [1.807, 2.05) is 0 Å². The summed E-state index contributed by atoms with van der Waals surface area (Å²) in [7, 11) is 0. The minimum atomic E-state index is -3.35. The molecule has 0 aromatic heterocycles. The zero-order valence-corrected chi connectivity index (χ0v) is 15.5. The molecule has 0 aliphatic carbocycles. The van der Waals surface area contributed by atoms with Gasteiger partial charge in [-0.3, -0.25) is 24.0 Å². The number of aliphatic hydroxyl groups excluding tert-OH is 2. The van der Waals surface area contributed by atoms with Crippen LogP contribution in [0.15, 0.2) is 0 Å². The number of carbonyl (C=O) groups is 5. The Morgan fingerprint density at radius 2 is 1.37 bits per heavy atom. The molecule has 27 heavy (non-hydrogen) atoms. The van der Waals surface area contributed by atoms with E-state index in [4.69, 9.17) is 14.2 Å². The maximum Gasteiger partial charge on any atom is 0.304 e. The second kappa shape index (κ2) is 7.43. The summed E-state index contributed by atoms with van der Waals surface area (Å²) in [5, 5.41) is 31.1. The van der Waals surface area contributed by atoms with Gasteiger partial charge >= 0.3 is 11.9 Å². The molecule has 1 aliphatic rings. The number of carbonyl (C=O) groups excluding carboxylic acids is 5. The lowest BCUT2D eigenvalue weighted by Gasteiger charge is -2.57. The fraction of sp³-hybridized carbons (Fsp3) is 0.688. The summed E-state index contributed by atoms with van der Waals surface area (Å²) in [6.07, 6.45) is -4.11. The molecule has 1 aliphatic heterocycles. The number of ketones is 3. The number of ether oxygens (including phenoxy) is 3. The molecule has 0 spiro atoms. The Bertz CT molecular complexity index is 686. The highest BCUT2D eigenvalue weighted by Gasteiger charge is 2.82. The standard InChI is InChI=1S/C16H22O11/c1-7(18)14(25-10(4)21)13(23)12(6-17)27-16(24,9(3)20)15(14,8(2)19)26-11(5)22/h12-13,17,23-24H,6H2,1-5H3/t12-,13-,14+,15-,16+/m1/s1. The van der Waals surface area contributed by atoms with Crippen molar-refractivity contribution in [2.75, 3.05) is 6.61 Å². The first kappa shape index (κ1) is 22.8. The van der Waals surface area contributed by atoms with E-state index in [1.54, 1.807) is 0 Å². The van der Waals surface area contributed by atoms with E-state index in [-0.39, 0.29) is 0 Å². The molecule has 0 radical (unpaired) electrons. The van der Waals surface area contributed by atoms with Crippen LogP contribution in [0.4, 0.5) is 0 Å². The van der Waals surface area contributed by atoms with E-state index >= 15 is 0 Å². The summed E-state index contributed by atoms with van der Waals surface area (Å²) in [4.78, 5) is 61.0. The molecule has 1 fully saturated rings. The highest BCUT2D eigenvalue weighted by molar-refractivity contribution is 6.06. The molecule has 0 aromatic rings. The summed E-state index contributed by atoms with van der Waals surface area (Å²) in [5.41, 5.74) is -6.33. The van der Waals surface area contributed by atoms with Crippen molar-refractivity contribution >= 4 is 29.3 Å². The number of hydrogen-bond donors (Lipinski definition) is 3. The molecule has 0 bridgehead atoms. The van der Waals surface area contributed by atoms with Crippen molar-refractivity contribution in [2.24, 2.45) is 0 Å². The van der Waals surface area contributed by atoms with Crippen molar-refractivity contribution in [1.82, 2.24) is 0 Å². The van der Waals surface area contributed by atoms with Crippen LogP contribution in [0.1, 0.15) is 34.6 Å². The van der Waals surface area contributed by atoms with Crippen LogP contribution in [-0.2, 0) is 38.2 Å². The molecule has 11 heteroatoms. The van der Waals surface area contributed by atoms with E-state index in [2.05, 4.69) is 0 Å². The van der Waals surface area contributed by atoms with Crippen LogP contribution in [0.2, 0.25) is 0 Å². The summed E-state index contributed by atoms with van der Waals surface area (Å²) >= 11 is 0. The zero-order valence-electron chi connectivity index (χ0n) is 15.5. The number of esters is 2. The van der Waals surface area contributed by atoms with Gasteiger partial charge in [0.05, 0.1) is 6.61 Å².